The minimum absolute atomic E-state index is 0.171. The lowest BCUT2D eigenvalue weighted by atomic mass is 10.0. The molecule has 0 aliphatic carbocycles. The highest BCUT2D eigenvalue weighted by Gasteiger charge is 2.27. The highest BCUT2D eigenvalue weighted by Crippen LogP contribution is 2.08. The van der Waals surface area contributed by atoms with Crippen LogP contribution in [0.2, 0.25) is 0 Å². The van der Waals surface area contributed by atoms with E-state index in [4.69, 9.17) is 5.11 Å². The van der Waals surface area contributed by atoms with E-state index in [1.807, 2.05) is 13.8 Å². The number of nitrogens with one attached hydrogen (secondary N) is 2. The third kappa shape index (κ3) is 8.85. The molecule has 21 heavy (non-hydrogen) atoms. The van der Waals surface area contributed by atoms with Crippen LogP contribution in [0.1, 0.15) is 33.6 Å². The van der Waals surface area contributed by atoms with E-state index < -0.39 is 36.0 Å². The van der Waals surface area contributed by atoms with Gasteiger partial charge in [0.1, 0.15) is 6.04 Å². The maximum absolute atomic E-state index is 11.7. The number of hydrogen-bond donors (Lipinski definition) is 4. The second kappa shape index (κ2) is 8.46. The van der Waals surface area contributed by atoms with Gasteiger partial charge in [0.05, 0.1) is 19.1 Å². The summed E-state index contributed by atoms with van der Waals surface area (Å²) in [5.41, 5.74) is -1.57. The van der Waals surface area contributed by atoms with Crippen molar-refractivity contribution in [3.8, 4) is 0 Å². The van der Waals surface area contributed by atoms with Crippen molar-refractivity contribution < 1.29 is 29.3 Å². The molecule has 8 nitrogen and oxygen atoms in total. The Balaban J connectivity index is 4.44. The van der Waals surface area contributed by atoms with E-state index in [0.29, 0.717) is 6.42 Å². The van der Waals surface area contributed by atoms with Gasteiger partial charge in [0.15, 0.2) is 0 Å². The highest BCUT2D eigenvalue weighted by molar-refractivity contribution is 5.83. The van der Waals surface area contributed by atoms with Crippen LogP contribution in [0.4, 0.5) is 4.79 Å². The van der Waals surface area contributed by atoms with Crippen molar-refractivity contribution in [2.24, 2.45) is 5.92 Å². The van der Waals surface area contributed by atoms with Gasteiger partial charge >= 0.3 is 18.0 Å². The Morgan fingerprint density at radius 1 is 1.29 bits per heavy atom. The van der Waals surface area contributed by atoms with Crippen molar-refractivity contribution in [3.05, 3.63) is 0 Å². The van der Waals surface area contributed by atoms with E-state index in [9.17, 15) is 19.5 Å². The normalized spacial score (nSPS) is 15.0. The highest BCUT2D eigenvalue weighted by atomic mass is 16.5. The number of esters is 1. The molecule has 122 valence electrons. The van der Waals surface area contributed by atoms with E-state index in [1.165, 1.54) is 14.0 Å². The van der Waals surface area contributed by atoms with Crippen LogP contribution in [0.25, 0.3) is 0 Å². The van der Waals surface area contributed by atoms with E-state index in [2.05, 4.69) is 15.4 Å². The SMILES string of the molecule is COC(=O)C(CC(C)C)NC(=O)NCC(C)(O)CC(=O)O. The van der Waals surface area contributed by atoms with Crippen molar-refractivity contribution in [2.45, 2.75) is 45.3 Å². The molecule has 8 heteroatoms. The first kappa shape index (κ1) is 19.2. The Morgan fingerprint density at radius 2 is 1.86 bits per heavy atom. The zero-order valence-electron chi connectivity index (χ0n) is 12.8. The third-order valence-corrected chi connectivity index (χ3v) is 2.66. The fourth-order valence-electron chi connectivity index (χ4n) is 1.70. The van der Waals surface area contributed by atoms with Gasteiger partial charge in [-0.15, -0.1) is 0 Å². The third-order valence-electron chi connectivity index (χ3n) is 2.66. The number of hydrogen-bond acceptors (Lipinski definition) is 5. The smallest absolute Gasteiger partial charge is 0.328 e. The maximum atomic E-state index is 11.7. The summed E-state index contributed by atoms with van der Waals surface area (Å²) in [6.07, 6.45) is -0.0919. The summed E-state index contributed by atoms with van der Waals surface area (Å²) < 4.78 is 4.60. The predicted octanol–water partition coefficient (Wildman–Crippen LogP) is 0.0990. The number of aliphatic carboxylic acids is 1. The minimum atomic E-state index is -1.57. The Kier molecular flexibility index (Phi) is 7.72. The molecule has 0 saturated carbocycles. The number of methoxy groups -OCH3 is 1. The Bertz CT molecular complexity index is 381. The molecule has 4 N–H and O–H groups in total. The molecule has 0 aliphatic heterocycles. The number of aliphatic hydroxyl groups is 1. The number of carbonyl (C=O) groups excluding carboxylic acids is 2. The number of carboxylic acid groups (broad SMARTS) is 1. The molecule has 0 bridgehead atoms. The van der Waals surface area contributed by atoms with Gasteiger partial charge in [-0.25, -0.2) is 9.59 Å². The second-order valence-corrected chi connectivity index (χ2v) is 5.60. The average Bonchev–Trinajstić information content (AvgIpc) is 2.32. The monoisotopic (exact) mass is 304 g/mol. The van der Waals surface area contributed by atoms with Crippen LogP contribution in [0.15, 0.2) is 0 Å². The number of carbonyl (C=O) groups is 3. The van der Waals surface area contributed by atoms with Crippen LogP contribution < -0.4 is 10.6 Å². The van der Waals surface area contributed by atoms with E-state index in [1.54, 1.807) is 0 Å². The lowest BCUT2D eigenvalue weighted by Gasteiger charge is -2.23. The number of amides is 2. The summed E-state index contributed by atoms with van der Waals surface area (Å²) in [5.74, 6) is -1.56. The number of urea groups is 1. The van der Waals surface area contributed by atoms with E-state index in [0.717, 1.165) is 0 Å². The van der Waals surface area contributed by atoms with Gasteiger partial charge in [-0.3, -0.25) is 4.79 Å². The molecule has 2 amide bonds. The molecule has 0 fully saturated rings. The first-order chi connectivity index (χ1) is 9.57. The molecule has 0 rings (SSSR count). The maximum Gasteiger partial charge on any atom is 0.328 e. The van der Waals surface area contributed by atoms with Crippen LogP contribution in [0.5, 0.6) is 0 Å². The lowest BCUT2D eigenvalue weighted by Crippen LogP contribution is -2.50. The summed E-state index contributed by atoms with van der Waals surface area (Å²) in [4.78, 5) is 33.8. The van der Waals surface area contributed by atoms with Crippen molar-refractivity contribution >= 4 is 18.0 Å². The number of carboxylic acids is 1. The fourth-order valence-corrected chi connectivity index (χ4v) is 1.70. The summed E-state index contributed by atoms with van der Waals surface area (Å²) in [7, 11) is 1.23. The van der Waals surface area contributed by atoms with Gasteiger partial charge in [-0.1, -0.05) is 13.8 Å². The summed E-state index contributed by atoms with van der Waals surface area (Å²) >= 11 is 0. The molecule has 2 unspecified atom stereocenters. The molecule has 2 atom stereocenters. The van der Waals surface area contributed by atoms with Crippen LogP contribution in [-0.2, 0) is 14.3 Å². The van der Waals surface area contributed by atoms with Crippen molar-refractivity contribution in [1.82, 2.24) is 10.6 Å². The zero-order chi connectivity index (χ0) is 16.6. The number of rotatable bonds is 8. The van der Waals surface area contributed by atoms with E-state index >= 15 is 0 Å². The lowest BCUT2D eigenvalue weighted by molar-refractivity contribution is -0.143. The molecule has 0 saturated heterocycles. The predicted molar refractivity (Wildman–Crippen MR) is 74.7 cm³/mol. The van der Waals surface area contributed by atoms with Crippen molar-refractivity contribution in [1.29, 1.82) is 0 Å². The Morgan fingerprint density at radius 3 is 2.29 bits per heavy atom. The van der Waals surface area contributed by atoms with Crippen LogP contribution in [-0.4, -0.2) is 53.5 Å². The molecule has 0 radical (unpaired) electrons. The van der Waals surface area contributed by atoms with Gasteiger partial charge in [0, 0.05) is 6.54 Å². The van der Waals surface area contributed by atoms with Gasteiger partial charge in [0.25, 0.3) is 0 Å². The summed E-state index contributed by atoms with van der Waals surface area (Å²) in [6.45, 7) is 4.84. The quantitative estimate of drug-likeness (QED) is 0.471. The standard InChI is InChI=1S/C13H24N2O6/c1-8(2)5-9(11(18)21-4)15-12(19)14-7-13(3,20)6-10(16)17/h8-9,20H,5-7H2,1-4H3,(H,16,17)(H2,14,15,19). The Labute approximate surface area is 123 Å². The second-order valence-electron chi connectivity index (χ2n) is 5.60. The summed E-state index contributed by atoms with van der Waals surface area (Å²) in [6, 6.07) is -1.46. The first-order valence-electron chi connectivity index (χ1n) is 6.63. The average molecular weight is 304 g/mol. The van der Waals surface area contributed by atoms with Gasteiger partial charge < -0.3 is 25.6 Å². The molecule has 0 aromatic heterocycles. The molecule has 0 aromatic rings. The van der Waals surface area contributed by atoms with Gasteiger partial charge in [-0.2, -0.15) is 0 Å². The van der Waals surface area contributed by atoms with Crippen molar-refractivity contribution in [2.75, 3.05) is 13.7 Å². The minimum Gasteiger partial charge on any atom is -0.481 e. The molecule has 0 spiro atoms. The summed E-state index contributed by atoms with van der Waals surface area (Å²) in [5, 5.41) is 23.1. The zero-order valence-corrected chi connectivity index (χ0v) is 12.8. The number of ether oxygens (including phenoxy) is 1. The molecule has 0 heterocycles. The van der Waals surface area contributed by atoms with Gasteiger partial charge in [0.2, 0.25) is 0 Å². The molecular weight excluding hydrogens is 280 g/mol. The van der Waals surface area contributed by atoms with E-state index in [-0.39, 0.29) is 12.5 Å². The van der Waals surface area contributed by atoms with Gasteiger partial charge in [-0.05, 0) is 19.3 Å². The fraction of sp³-hybridized carbons (Fsp3) is 0.769. The largest absolute Gasteiger partial charge is 0.481 e. The van der Waals surface area contributed by atoms with Crippen LogP contribution in [0, 0.1) is 5.92 Å². The Hall–Kier alpha value is -1.83. The molecule has 0 aliphatic rings. The van der Waals surface area contributed by atoms with Crippen LogP contribution >= 0.6 is 0 Å². The topological polar surface area (TPSA) is 125 Å². The van der Waals surface area contributed by atoms with Crippen molar-refractivity contribution in [3.63, 3.8) is 0 Å². The molecule has 0 aromatic carbocycles. The van der Waals surface area contributed by atoms with Crippen LogP contribution in [0.3, 0.4) is 0 Å². The first-order valence-corrected chi connectivity index (χ1v) is 6.63. The molecular formula is C13H24N2O6.